The fourth-order valence-corrected chi connectivity index (χ4v) is 3.18. The van der Waals surface area contributed by atoms with Crippen molar-refractivity contribution in [2.45, 2.75) is 33.1 Å². The molecule has 6 nitrogen and oxygen atoms in total. The number of aliphatic imine (C=N–C) groups is 1. The topological polar surface area (TPSA) is 66.0 Å². The molecular formula is C25H36N4O2. The summed E-state index contributed by atoms with van der Waals surface area (Å²) in [6.45, 7) is 9.02. The maximum Gasteiger partial charge on any atom is 0.253 e. The van der Waals surface area contributed by atoms with Gasteiger partial charge < -0.3 is 20.3 Å². The van der Waals surface area contributed by atoms with Crippen molar-refractivity contribution in [2.24, 2.45) is 4.99 Å². The van der Waals surface area contributed by atoms with E-state index < -0.39 is 0 Å². The molecule has 0 bridgehead atoms. The number of guanidine groups is 1. The lowest BCUT2D eigenvalue weighted by atomic mass is 10.0. The molecule has 2 rings (SSSR count). The number of benzene rings is 2. The highest BCUT2D eigenvalue weighted by atomic mass is 16.5. The Hall–Kier alpha value is -3.02. The maximum atomic E-state index is 12.1. The van der Waals surface area contributed by atoms with Crippen LogP contribution < -0.4 is 15.4 Å². The van der Waals surface area contributed by atoms with Crippen molar-refractivity contribution in [1.29, 1.82) is 0 Å². The Morgan fingerprint density at radius 1 is 1.10 bits per heavy atom. The van der Waals surface area contributed by atoms with Gasteiger partial charge in [-0.25, -0.2) is 0 Å². The quantitative estimate of drug-likeness (QED) is 0.347. The number of carbonyl (C=O) groups is 1. The molecule has 0 spiro atoms. The summed E-state index contributed by atoms with van der Waals surface area (Å²) in [5.74, 6) is 2.14. The Kier molecular flexibility index (Phi) is 9.88. The van der Waals surface area contributed by atoms with E-state index in [9.17, 15) is 4.79 Å². The molecule has 0 aliphatic heterocycles. The van der Waals surface area contributed by atoms with Crippen LogP contribution in [-0.2, 0) is 6.42 Å². The fraction of sp³-hybridized carbons (Fsp3) is 0.440. The van der Waals surface area contributed by atoms with Crippen molar-refractivity contribution in [3.63, 3.8) is 0 Å². The van der Waals surface area contributed by atoms with E-state index in [0.29, 0.717) is 31.2 Å². The predicted molar refractivity (Wildman–Crippen MR) is 128 cm³/mol. The monoisotopic (exact) mass is 424 g/mol. The van der Waals surface area contributed by atoms with Crippen molar-refractivity contribution in [2.75, 3.05) is 40.3 Å². The molecular weight excluding hydrogens is 388 g/mol. The molecule has 2 aromatic carbocycles. The first-order chi connectivity index (χ1) is 14.9. The third-order valence-electron chi connectivity index (χ3n) is 4.79. The Balaban J connectivity index is 1.86. The zero-order valence-electron chi connectivity index (χ0n) is 19.4. The van der Waals surface area contributed by atoms with E-state index >= 15 is 0 Å². The van der Waals surface area contributed by atoms with Crippen LogP contribution in [0.2, 0.25) is 0 Å². The molecule has 2 aromatic rings. The number of rotatable bonds is 10. The second-order valence-electron chi connectivity index (χ2n) is 7.88. The molecule has 0 fully saturated rings. The molecule has 0 unspecified atom stereocenters. The minimum absolute atomic E-state index is 0.0133. The third kappa shape index (κ3) is 7.96. The lowest BCUT2D eigenvalue weighted by Crippen LogP contribution is -2.39. The first-order valence-electron chi connectivity index (χ1n) is 11.0. The van der Waals surface area contributed by atoms with Gasteiger partial charge in [0, 0.05) is 32.7 Å². The number of nitrogens with one attached hydrogen (secondary N) is 2. The smallest absolute Gasteiger partial charge is 0.253 e. The second-order valence-corrected chi connectivity index (χ2v) is 7.88. The molecule has 0 radical (unpaired) electrons. The van der Waals surface area contributed by atoms with Gasteiger partial charge in [-0.05, 0) is 48.6 Å². The van der Waals surface area contributed by atoms with Gasteiger partial charge in [0.05, 0.1) is 6.54 Å². The van der Waals surface area contributed by atoms with Crippen LogP contribution in [0.15, 0.2) is 53.5 Å². The molecule has 0 saturated heterocycles. The van der Waals surface area contributed by atoms with E-state index in [1.54, 1.807) is 19.0 Å². The summed E-state index contributed by atoms with van der Waals surface area (Å²) >= 11 is 0. The summed E-state index contributed by atoms with van der Waals surface area (Å²) in [4.78, 5) is 18.4. The van der Waals surface area contributed by atoms with E-state index in [-0.39, 0.29) is 5.91 Å². The Bertz CT molecular complexity index is 862. The number of hydrogen-bond acceptors (Lipinski definition) is 3. The summed E-state index contributed by atoms with van der Waals surface area (Å²) in [7, 11) is 3.53. The van der Waals surface area contributed by atoms with E-state index in [0.717, 1.165) is 30.2 Å². The summed E-state index contributed by atoms with van der Waals surface area (Å²) in [5.41, 5.74) is 3.02. The molecule has 168 valence electrons. The van der Waals surface area contributed by atoms with Crippen molar-refractivity contribution in [1.82, 2.24) is 15.5 Å². The van der Waals surface area contributed by atoms with Crippen LogP contribution in [-0.4, -0.2) is 57.1 Å². The van der Waals surface area contributed by atoms with Crippen molar-refractivity contribution in [3.05, 3.63) is 65.2 Å². The third-order valence-corrected chi connectivity index (χ3v) is 4.79. The average molecular weight is 425 g/mol. The van der Waals surface area contributed by atoms with Crippen molar-refractivity contribution in [3.8, 4) is 5.75 Å². The van der Waals surface area contributed by atoms with Gasteiger partial charge in [-0.1, -0.05) is 44.2 Å². The number of ether oxygens (including phenoxy) is 1. The van der Waals surface area contributed by atoms with E-state index in [2.05, 4.69) is 35.5 Å². The van der Waals surface area contributed by atoms with Gasteiger partial charge >= 0.3 is 0 Å². The summed E-state index contributed by atoms with van der Waals surface area (Å²) in [6.07, 6.45) is 0.767. The van der Waals surface area contributed by atoms with Crippen LogP contribution in [0.1, 0.15) is 48.2 Å². The normalized spacial score (nSPS) is 11.4. The van der Waals surface area contributed by atoms with Gasteiger partial charge in [-0.15, -0.1) is 0 Å². The van der Waals surface area contributed by atoms with Crippen molar-refractivity contribution >= 4 is 11.9 Å². The standard InChI is InChI=1S/C25H36N4O2/c1-6-26-25(28-16-17-31-23-13-8-7-12-22(23)19(2)3)27-15-14-20-10-9-11-21(18-20)24(30)29(4)5/h7-13,18-19H,6,14-17H2,1-5H3,(H2,26,27,28). The molecule has 0 aliphatic rings. The van der Waals surface area contributed by atoms with E-state index in [1.807, 2.05) is 49.4 Å². The molecule has 2 N–H and O–H groups in total. The zero-order chi connectivity index (χ0) is 22.6. The SMILES string of the molecule is CCNC(=NCCc1cccc(C(=O)N(C)C)c1)NCCOc1ccccc1C(C)C. The number of para-hydroxylation sites is 1. The molecule has 0 aromatic heterocycles. The minimum Gasteiger partial charge on any atom is -0.491 e. The number of nitrogens with zero attached hydrogens (tertiary/aromatic N) is 2. The average Bonchev–Trinajstić information content (AvgIpc) is 2.76. The maximum absolute atomic E-state index is 12.1. The summed E-state index contributed by atoms with van der Waals surface area (Å²) in [6, 6.07) is 15.9. The number of carbonyl (C=O) groups excluding carboxylic acids is 1. The molecule has 0 saturated carbocycles. The van der Waals surface area contributed by atoms with Crippen LogP contribution in [0.5, 0.6) is 5.75 Å². The highest BCUT2D eigenvalue weighted by Crippen LogP contribution is 2.25. The Morgan fingerprint density at radius 2 is 1.87 bits per heavy atom. The lowest BCUT2D eigenvalue weighted by molar-refractivity contribution is 0.0827. The number of amides is 1. The molecule has 0 aliphatic carbocycles. The minimum atomic E-state index is 0.0133. The van der Waals surface area contributed by atoms with Crippen LogP contribution in [0.25, 0.3) is 0 Å². The fourth-order valence-electron chi connectivity index (χ4n) is 3.18. The van der Waals surface area contributed by atoms with Gasteiger partial charge in [0.25, 0.3) is 5.91 Å². The molecule has 6 heteroatoms. The molecule has 0 atom stereocenters. The van der Waals surface area contributed by atoms with Crippen LogP contribution in [0.4, 0.5) is 0 Å². The van der Waals surface area contributed by atoms with E-state index in [4.69, 9.17) is 4.74 Å². The Morgan fingerprint density at radius 3 is 2.58 bits per heavy atom. The van der Waals surface area contributed by atoms with Crippen molar-refractivity contribution < 1.29 is 9.53 Å². The van der Waals surface area contributed by atoms with Gasteiger partial charge in [0.2, 0.25) is 0 Å². The van der Waals surface area contributed by atoms with Crippen LogP contribution >= 0.6 is 0 Å². The first-order valence-corrected chi connectivity index (χ1v) is 11.0. The van der Waals surface area contributed by atoms with Gasteiger partial charge in [-0.3, -0.25) is 9.79 Å². The first kappa shape index (κ1) is 24.3. The highest BCUT2D eigenvalue weighted by Gasteiger charge is 2.08. The summed E-state index contributed by atoms with van der Waals surface area (Å²) in [5, 5.41) is 6.59. The Labute approximate surface area is 186 Å². The number of hydrogen-bond donors (Lipinski definition) is 2. The van der Waals surface area contributed by atoms with Gasteiger partial charge in [-0.2, -0.15) is 0 Å². The molecule has 31 heavy (non-hydrogen) atoms. The zero-order valence-corrected chi connectivity index (χ0v) is 19.4. The largest absolute Gasteiger partial charge is 0.491 e. The predicted octanol–water partition coefficient (Wildman–Crippen LogP) is 3.69. The summed E-state index contributed by atoms with van der Waals surface area (Å²) < 4.78 is 5.97. The lowest BCUT2D eigenvalue weighted by Gasteiger charge is -2.15. The highest BCUT2D eigenvalue weighted by molar-refractivity contribution is 5.94. The molecule has 1 amide bonds. The second kappa shape index (κ2) is 12.6. The van der Waals surface area contributed by atoms with Crippen LogP contribution in [0.3, 0.4) is 0 Å². The van der Waals surface area contributed by atoms with E-state index in [1.165, 1.54) is 5.56 Å². The molecule has 0 heterocycles. The van der Waals surface area contributed by atoms with Crippen LogP contribution in [0, 0.1) is 0 Å². The van der Waals surface area contributed by atoms with Gasteiger partial charge in [0.15, 0.2) is 5.96 Å². The van der Waals surface area contributed by atoms with Gasteiger partial charge in [0.1, 0.15) is 12.4 Å².